The Morgan fingerprint density at radius 2 is 1.86 bits per heavy atom. The first-order chi connectivity index (χ1) is 16.9. The summed E-state index contributed by atoms with van der Waals surface area (Å²) in [6, 6.07) is 8.07. The standard InChI is InChI=1S/C27H31ClN4O4/c1-6-32-22(16-29)13-20(14-24(32)33)25(34)30-23-15-21(28)12-19(17(23)2)11-18-7-9-31(10-8-18)26(35)36-27(3,4)5/h11-15H,6-10H2,1-5H3,(H,30,34). The van der Waals surface area contributed by atoms with Crippen LogP contribution in [0.2, 0.25) is 5.02 Å². The highest BCUT2D eigenvalue weighted by Gasteiger charge is 2.25. The number of carbonyl (C=O) groups is 2. The molecule has 1 fully saturated rings. The molecule has 0 bridgehead atoms. The van der Waals surface area contributed by atoms with Gasteiger partial charge in [-0.1, -0.05) is 23.3 Å². The van der Waals surface area contributed by atoms with Gasteiger partial charge in [-0.3, -0.25) is 9.59 Å². The van der Waals surface area contributed by atoms with E-state index in [0.717, 1.165) is 11.1 Å². The number of carbonyl (C=O) groups excluding carboxylic acids is 2. The number of nitriles is 1. The molecule has 0 saturated carbocycles. The van der Waals surface area contributed by atoms with Crippen molar-refractivity contribution in [1.82, 2.24) is 9.47 Å². The van der Waals surface area contributed by atoms with E-state index in [1.54, 1.807) is 17.9 Å². The van der Waals surface area contributed by atoms with Crippen molar-refractivity contribution in [2.24, 2.45) is 0 Å². The summed E-state index contributed by atoms with van der Waals surface area (Å²) in [6.07, 6.45) is 3.14. The predicted octanol–water partition coefficient (Wildman–Crippen LogP) is 5.37. The van der Waals surface area contributed by atoms with E-state index in [-0.39, 0.29) is 17.4 Å². The molecular formula is C27H31ClN4O4. The fraction of sp³-hybridized carbons (Fsp3) is 0.407. The van der Waals surface area contributed by atoms with Gasteiger partial charge in [0.1, 0.15) is 17.4 Å². The van der Waals surface area contributed by atoms with Gasteiger partial charge in [-0.25, -0.2) is 4.79 Å². The Morgan fingerprint density at radius 1 is 1.19 bits per heavy atom. The number of hydrogen-bond donors (Lipinski definition) is 1. The van der Waals surface area contributed by atoms with Crippen LogP contribution in [0.1, 0.15) is 67.7 Å². The lowest BCUT2D eigenvalue weighted by Gasteiger charge is -2.31. The molecule has 0 radical (unpaired) electrons. The first-order valence-electron chi connectivity index (χ1n) is 11.9. The molecular weight excluding hydrogens is 480 g/mol. The van der Waals surface area contributed by atoms with Gasteiger partial charge >= 0.3 is 6.09 Å². The summed E-state index contributed by atoms with van der Waals surface area (Å²) < 4.78 is 6.77. The van der Waals surface area contributed by atoms with Crippen molar-refractivity contribution in [1.29, 1.82) is 5.26 Å². The Morgan fingerprint density at radius 3 is 2.44 bits per heavy atom. The number of hydrogen-bond acceptors (Lipinski definition) is 5. The Kier molecular flexibility index (Phi) is 8.26. The molecule has 190 valence electrons. The van der Waals surface area contributed by atoms with Crippen LogP contribution in [0, 0.1) is 18.3 Å². The molecule has 1 N–H and O–H groups in total. The first kappa shape index (κ1) is 27.0. The van der Waals surface area contributed by atoms with Crippen LogP contribution in [-0.2, 0) is 11.3 Å². The van der Waals surface area contributed by atoms with E-state index in [1.165, 1.54) is 22.3 Å². The van der Waals surface area contributed by atoms with Crippen molar-refractivity contribution < 1.29 is 14.3 Å². The fourth-order valence-corrected chi connectivity index (χ4v) is 4.21. The minimum Gasteiger partial charge on any atom is -0.444 e. The minimum atomic E-state index is -0.533. The molecule has 1 aromatic carbocycles. The number of nitrogens with one attached hydrogen (secondary N) is 1. The van der Waals surface area contributed by atoms with Crippen LogP contribution in [0.4, 0.5) is 10.5 Å². The van der Waals surface area contributed by atoms with Crippen LogP contribution in [0.15, 0.2) is 34.6 Å². The average molecular weight is 511 g/mol. The van der Waals surface area contributed by atoms with Gasteiger partial charge in [-0.2, -0.15) is 5.26 Å². The van der Waals surface area contributed by atoms with Gasteiger partial charge in [0.2, 0.25) is 0 Å². The second kappa shape index (κ2) is 11.0. The number of anilines is 1. The van der Waals surface area contributed by atoms with E-state index in [0.29, 0.717) is 43.2 Å². The highest BCUT2D eigenvalue weighted by molar-refractivity contribution is 6.31. The third-order valence-electron chi connectivity index (χ3n) is 5.90. The maximum atomic E-state index is 12.9. The highest BCUT2D eigenvalue weighted by Crippen LogP contribution is 2.29. The minimum absolute atomic E-state index is 0.107. The molecule has 2 aromatic rings. The molecule has 0 aliphatic carbocycles. The number of benzene rings is 1. The summed E-state index contributed by atoms with van der Waals surface area (Å²) in [5.74, 6) is -0.499. The molecule has 1 aliphatic rings. The predicted molar refractivity (Wildman–Crippen MR) is 140 cm³/mol. The molecule has 2 heterocycles. The molecule has 36 heavy (non-hydrogen) atoms. The van der Waals surface area contributed by atoms with Crippen molar-refractivity contribution in [2.45, 2.75) is 59.6 Å². The van der Waals surface area contributed by atoms with Crippen LogP contribution in [0.25, 0.3) is 6.08 Å². The zero-order valence-electron chi connectivity index (χ0n) is 21.3. The van der Waals surface area contributed by atoms with Crippen LogP contribution < -0.4 is 10.9 Å². The fourth-order valence-electron chi connectivity index (χ4n) is 3.99. The number of pyridine rings is 1. The Hall–Kier alpha value is -3.57. The molecule has 0 spiro atoms. The number of halogens is 1. The summed E-state index contributed by atoms with van der Waals surface area (Å²) in [6.45, 7) is 10.6. The van der Waals surface area contributed by atoms with Crippen molar-refractivity contribution in [3.8, 4) is 6.07 Å². The number of ether oxygens (including phenoxy) is 1. The third-order valence-corrected chi connectivity index (χ3v) is 6.12. The van der Waals surface area contributed by atoms with Crippen LogP contribution in [0.3, 0.4) is 0 Å². The second-order valence-electron chi connectivity index (χ2n) is 9.72. The molecule has 1 aromatic heterocycles. The van der Waals surface area contributed by atoms with Crippen LogP contribution in [0.5, 0.6) is 0 Å². The van der Waals surface area contributed by atoms with Gasteiger partial charge in [0.05, 0.1) is 0 Å². The number of likely N-dealkylation sites (tertiary alicyclic amines) is 1. The van der Waals surface area contributed by atoms with Crippen molar-refractivity contribution >= 4 is 35.4 Å². The van der Waals surface area contributed by atoms with Gasteiger partial charge in [-0.05, 0) is 76.8 Å². The normalized spacial score (nSPS) is 13.7. The second-order valence-corrected chi connectivity index (χ2v) is 10.2. The average Bonchev–Trinajstić information content (AvgIpc) is 2.80. The zero-order chi connectivity index (χ0) is 26.6. The third kappa shape index (κ3) is 6.55. The quantitative estimate of drug-likeness (QED) is 0.595. The summed E-state index contributed by atoms with van der Waals surface area (Å²) >= 11 is 6.36. The maximum absolute atomic E-state index is 12.9. The van der Waals surface area contributed by atoms with E-state index in [1.807, 2.05) is 45.9 Å². The zero-order valence-corrected chi connectivity index (χ0v) is 22.0. The lowest BCUT2D eigenvalue weighted by atomic mass is 9.98. The lowest BCUT2D eigenvalue weighted by molar-refractivity contribution is 0.0236. The molecule has 1 saturated heterocycles. The highest BCUT2D eigenvalue weighted by atomic mass is 35.5. The largest absolute Gasteiger partial charge is 0.444 e. The molecule has 1 aliphatic heterocycles. The first-order valence-corrected chi connectivity index (χ1v) is 12.2. The van der Waals surface area contributed by atoms with Gasteiger partial charge in [0, 0.05) is 42.0 Å². The van der Waals surface area contributed by atoms with Crippen molar-refractivity contribution in [3.05, 3.63) is 67.6 Å². The van der Waals surface area contributed by atoms with Crippen LogP contribution >= 0.6 is 11.6 Å². The summed E-state index contributed by atoms with van der Waals surface area (Å²) in [5, 5.41) is 12.6. The number of amides is 2. The SMILES string of the molecule is CCn1c(C#N)cc(C(=O)Nc2cc(Cl)cc(C=C3CCN(C(=O)OC(C)(C)C)CC3)c2C)cc1=O. The smallest absolute Gasteiger partial charge is 0.410 e. The topological polar surface area (TPSA) is 104 Å². The molecule has 2 amide bonds. The van der Waals surface area contributed by atoms with Gasteiger partial charge < -0.3 is 19.5 Å². The number of piperidine rings is 1. The number of rotatable bonds is 4. The molecule has 9 heteroatoms. The molecule has 3 rings (SSSR count). The van der Waals surface area contributed by atoms with Gasteiger partial charge in [-0.15, -0.1) is 0 Å². The van der Waals surface area contributed by atoms with Gasteiger partial charge in [0.15, 0.2) is 0 Å². The molecule has 8 nitrogen and oxygen atoms in total. The van der Waals surface area contributed by atoms with E-state index in [2.05, 4.69) is 5.32 Å². The molecule has 0 atom stereocenters. The van der Waals surface area contributed by atoms with E-state index < -0.39 is 17.1 Å². The Balaban J connectivity index is 1.78. The van der Waals surface area contributed by atoms with Gasteiger partial charge in [0.25, 0.3) is 11.5 Å². The summed E-state index contributed by atoms with van der Waals surface area (Å²) in [7, 11) is 0. The monoisotopic (exact) mass is 510 g/mol. The van der Waals surface area contributed by atoms with Crippen molar-refractivity contribution in [2.75, 3.05) is 18.4 Å². The number of aromatic nitrogens is 1. The van der Waals surface area contributed by atoms with E-state index >= 15 is 0 Å². The summed E-state index contributed by atoms with van der Waals surface area (Å²) in [4.78, 5) is 39.3. The van der Waals surface area contributed by atoms with Crippen LogP contribution in [-0.4, -0.2) is 40.2 Å². The number of nitrogens with zero attached hydrogens (tertiary/aromatic N) is 3. The molecule has 0 unspecified atom stereocenters. The maximum Gasteiger partial charge on any atom is 0.410 e. The van der Waals surface area contributed by atoms with E-state index in [9.17, 15) is 19.6 Å². The van der Waals surface area contributed by atoms with Crippen molar-refractivity contribution in [3.63, 3.8) is 0 Å². The van der Waals surface area contributed by atoms with E-state index in [4.69, 9.17) is 16.3 Å². The summed E-state index contributed by atoms with van der Waals surface area (Å²) in [5.41, 5.74) is 2.65. The Labute approximate surface area is 216 Å². The Bertz CT molecular complexity index is 1300. The lowest BCUT2D eigenvalue weighted by Crippen LogP contribution is -2.40.